The Morgan fingerprint density at radius 3 is 2.94 bits per heavy atom. The summed E-state index contributed by atoms with van der Waals surface area (Å²) in [6.45, 7) is 3.48. The quantitative estimate of drug-likeness (QED) is 0.650. The normalized spacial score (nSPS) is 19.0. The fraction of sp³-hybridized carbons (Fsp3) is 0.500. The number of hydrogen-bond donors (Lipinski definition) is 1. The fourth-order valence-corrected chi connectivity index (χ4v) is 2.10. The van der Waals surface area contributed by atoms with Crippen molar-refractivity contribution < 1.29 is 14.8 Å². The number of hydrogen-bond acceptors (Lipinski definition) is 5. The Morgan fingerprint density at radius 1 is 1.61 bits per heavy atom. The van der Waals surface area contributed by atoms with Crippen LogP contribution in [0.15, 0.2) is 18.2 Å². The molecule has 0 aromatic heterocycles. The Balaban J connectivity index is 2.28. The number of nitro benzene ring substituents is 1. The van der Waals surface area contributed by atoms with Crippen molar-refractivity contribution in [3.05, 3.63) is 28.3 Å². The van der Waals surface area contributed by atoms with Gasteiger partial charge < -0.3 is 14.7 Å². The van der Waals surface area contributed by atoms with Gasteiger partial charge in [-0.05, 0) is 19.4 Å². The highest BCUT2D eigenvalue weighted by molar-refractivity contribution is 5.59. The first-order valence-corrected chi connectivity index (χ1v) is 5.96. The van der Waals surface area contributed by atoms with Crippen molar-refractivity contribution in [2.45, 2.75) is 19.4 Å². The predicted molar refractivity (Wildman–Crippen MR) is 67.1 cm³/mol. The van der Waals surface area contributed by atoms with Gasteiger partial charge in [-0.15, -0.1) is 0 Å². The zero-order valence-corrected chi connectivity index (χ0v) is 10.2. The van der Waals surface area contributed by atoms with E-state index < -0.39 is 4.92 Å². The summed E-state index contributed by atoms with van der Waals surface area (Å²) in [6.07, 6.45) is 0.400. The Bertz CT molecular complexity index is 450. The molecule has 0 amide bonds. The molecule has 6 heteroatoms. The largest absolute Gasteiger partial charge is 0.487 e. The molecule has 0 aliphatic carbocycles. The zero-order chi connectivity index (χ0) is 13.1. The number of nitrogens with zero attached hydrogens (tertiary/aromatic N) is 2. The molecule has 1 heterocycles. The van der Waals surface area contributed by atoms with E-state index >= 15 is 0 Å². The monoisotopic (exact) mass is 252 g/mol. The maximum Gasteiger partial charge on any atom is 0.311 e. The zero-order valence-electron chi connectivity index (χ0n) is 10.2. The predicted octanol–water partition coefficient (Wildman–Crippen LogP) is 1.56. The third-order valence-electron chi connectivity index (χ3n) is 2.97. The van der Waals surface area contributed by atoms with Crippen molar-refractivity contribution in [1.82, 2.24) is 0 Å². The van der Waals surface area contributed by atoms with Gasteiger partial charge in [-0.1, -0.05) is 0 Å². The number of β-amino-alcohol motifs (C(OH)–C–C–N with tert-alkyl or cyclic N) is 1. The summed E-state index contributed by atoms with van der Waals surface area (Å²) in [5.74, 6) is 0.279. The summed E-state index contributed by atoms with van der Waals surface area (Å²) in [4.78, 5) is 12.4. The number of anilines is 1. The van der Waals surface area contributed by atoms with Crippen molar-refractivity contribution >= 4 is 11.4 Å². The first-order valence-electron chi connectivity index (χ1n) is 5.96. The molecule has 18 heavy (non-hydrogen) atoms. The highest BCUT2D eigenvalue weighted by Crippen LogP contribution is 2.32. The van der Waals surface area contributed by atoms with Gasteiger partial charge in [-0.2, -0.15) is 0 Å². The van der Waals surface area contributed by atoms with Gasteiger partial charge in [-0.3, -0.25) is 10.1 Å². The van der Waals surface area contributed by atoms with Crippen LogP contribution in [0.5, 0.6) is 5.75 Å². The lowest BCUT2D eigenvalue weighted by Gasteiger charge is -2.18. The van der Waals surface area contributed by atoms with E-state index in [9.17, 15) is 15.2 Å². The molecule has 0 radical (unpaired) electrons. The second kappa shape index (κ2) is 5.22. The van der Waals surface area contributed by atoms with Crippen molar-refractivity contribution in [1.29, 1.82) is 0 Å². The van der Waals surface area contributed by atoms with Crippen LogP contribution in [0.25, 0.3) is 0 Å². The first-order chi connectivity index (χ1) is 8.61. The lowest BCUT2D eigenvalue weighted by atomic mass is 10.2. The van der Waals surface area contributed by atoms with E-state index in [0.29, 0.717) is 13.2 Å². The Kier molecular flexibility index (Phi) is 3.66. The van der Waals surface area contributed by atoms with E-state index in [-0.39, 0.29) is 17.5 Å². The second-order valence-corrected chi connectivity index (χ2v) is 4.23. The standard InChI is InChI=1S/C12H16N2O4/c1-2-18-12-7-9(3-4-11(12)14(16)17)13-6-5-10(15)8-13/h3-4,7,10,15H,2,5-6,8H2,1H3/t10-/m0/s1. The van der Waals surface area contributed by atoms with Gasteiger partial charge in [0.2, 0.25) is 0 Å². The minimum absolute atomic E-state index is 0.0275. The summed E-state index contributed by atoms with van der Waals surface area (Å²) >= 11 is 0. The van der Waals surface area contributed by atoms with Gasteiger partial charge in [0.25, 0.3) is 0 Å². The Hall–Kier alpha value is -1.82. The van der Waals surface area contributed by atoms with Crippen LogP contribution in [-0.2, 0) is 0 Å². The van der Waals surface area contributed by atoms with E-state index in [1.165, 1.54) is 6.07 Å². The maximum atomic E-state index is 10.9. The molecule has 1 aliphatic heterocycles. The van der Waals surface area contributed by atoms with E-state index in [2.05, 4.69) is 0 Å². The molecule has 1 aromatic rings. The molecule has 1 saturated heterocycles. The molecule has 0 bridgehead atoms. The number of nitro groups is 1. The third kappa shape index (κ3) is 2.53. The fourth-order valence-electron chi connectivity index (χ4n) is 2.10. The van der Waals surface area contributed by atoms with Crippen molar-refractivity contribution in [2.75, 3.05) is 24.6 Å². The van der Waals surface area contributed by atoms with Crippen LogP contribution in [0.1, 0.15) is 13.3 Å². The van der Waals surface area contributed by atoms with Gasteiger partial charge in [-0.25, -0.2) is 0 Å². The molecular formula is C12H16N2O4. The molecule has 0 saturated carbocycles. The summed E-state index contributed by atoms with van der Waals surface area (Å²) in [7, 11) is 0. The molecule has 0 unspecified atom stereocenters. The summed E-state index contributed by atoms with van der Waals surface area (Å²) in [5, 5.41) is 20.3. The molecule has 1 N–H and O–H groups in total. The molecule has 0 spiro atoms. The number of aliphatic hydroxyl groups excluding tert-OH is 1. The van der Waals surface area contributed by atoms with Crippen LogP contribution in [0, 0.1) is 10.1 Å². The highest BCUT2D eigenvalue weighted by atomic mass is 16.6. The maximum absolute atomic E-state index is 10.9. The lowest BCUT2D eigenvalue weighted by molar-refractivity contribution is -0.385. The Morgan fingerprint density at radius 2 is 2.39 bits per heavy atom. The van der Waals surface area contributed by atoms with Crippen LogP contribution >= 0.6 is 0 Å². The number of aliphatic hydroxyl groups is 1. The van der Waals surface area contributed by atoms with Crippen LogP contribution < -0.4 is 9.64 Å². The van der Waals surface area contributed by atoms with Gasteiger partial charge >= 0.3 is 5.69 Å². The number of benzene rings is 1. The molecule has 1 atom stereocenters. The molecular weight excluding hydrogens is 236 g/mol. The third-order valence-corrected chi connectivity index (χ3v) is 2.97. The summed E-state index contributed by atoms with van der Waals surface area (Å²) in [6, 6.07) is 4.81. The van der Waals surface area contributed by atoms with Crippen LogP contribution in [-0.4, -0.2) is 35.8 Å². The van der Waals surface area contributed by atoms with Gasteiger partial charge in [0.05, 0.1) is 17.6 Å². The topological polar surface area (TPSA) is 75.8 Å². The molecule has 2 rings (SSSR count). The van der Waals surface area contributed by atoms with Crippen molar-refractivity contribution in [3.8, 4) is 5.75 Å². The number of ether oxygens (including phenoxy) is 1. The lowest BCUT2D eigenvalue weighted by Crippen LogP contribution is -2.21. The van der Waals surface area contributed by atoms with E-state index in [1.54, 1.807) is 19.1 Å². The molecule has 6 nitrogen and oxygen atoms in total. The SMILES string of the molecule is CCOc1cc(N2CC[C@H](O)C2)ccc1[N+](=O)[O-]. The smallest absolute Gasteiger partial charge is 0.311 e. The highest BCUT2D eigenvalue weighted by Gasteiger charge is 2.23. The van der Waals surface area contributed by atoms with E-state index in [1.807, 2.05) is 4.90 Å². The number of rotatable bonds is 4. The molecule has 1 aliphatic rings. The van der Waals surface area contributed by atoms with Crippen molar-refractivity contribution in [2.24, 2.45) is 0 Å². The van der Waals surface area contributed by atoms with Crippen LogP contribution in [0.2, 0.25) is 0 Å². The minimum Gasteiger partial charge on any atom is -0.487 e. The summed E-state index contributed by atoms with van der Waals surface area (Å²) in [5.41, 5.74) is 0.820. The second-order valence-electron chi connectivity index (χ2n) is 4.23. The van der Waals surface area contributed by atoms with Gasteiger partial charge in [0.1, 0.15) is 0 Å². The van der Waals surface area contributed by atoms with Crippen LogP contribution in [0.4, 0.5) is 11.4 Å². The summed E-state index contributed by atoms with van der Waals surface area (Å²) < 4.78 is 5.29. The molecule has 1 fully saturated rings. The van der Waals surface area contributed by atoms with Crippen LogP contribution in [0.3, 0.4) is 0 Å². The van der Waals surface area contributed by atoms with Gasteiger partial charge in [0.15, 0.2) is 5.75 Å². The average molecular weight is 252 g/mol. The minimum atomic E-state index is -0.451. The van der Waals surface area contributed by atoms with Gasteiger partial charge in [0, 0.05) is 30.9 Å². The Labute approximate surface area is 105 Å². The van der Waals surface area contributed by atoms with E-state index in [0.717, 1.165) is 18.7 Å². The molecule has 1 aromatic carbocycles. The molecule has 98 valence electrons. The first kappa shape index (κ1) is 12.6. The average Bonchev–Trinajstić information content (AvgIpc) is 2.76. The van der Waals surface area contributed by atoms with Crippen molar-refractivity contribution in [3.63, 3.8) is 0 Å². The van der Waals surface area contributed by atoms with E-state index in [4.69, 9.17) is 4.74 Å².